The van der Waals surface area contributed by atoms with Gasteiger partial charge in [-0.05, 0) is 44.5 Å². The number of benzene rings is 1. The monoisotopic (exact) mass is 334 g/mol. The molecule has 1 fully saturated rings. The molecule has 0 saturated carbocycles. The Labute approximate surface area is 135 Å². The lowest BCUT2D eigenvalue weighted by Gasteiger charge is -2.23. The summed E-state index contributed by atoms with van der Waals surface area (Å²) in [6, 6.07) is 3.41. The van der Waals surface area contributed by atoms with Gasteiger partial charge in [-0.3, -0.25) is 4.79 Å². The van der Waals surface area contributed by atoms with Crippen LogP contribution < -0.4 is 15.4 Å². The summed E-state index contributed by atoms with van der Waals surface area (Å²) in [5.41, 5.74) is 0. The Kier molecular flexibility index (Phi) is 8.12. The number of halogens is 3. The highest BCUT2D eigenvalue weighted by Crippen LogP contribution is 2.17. The minimum absolute atomic E-state index is 0. The van der Waals surface area contributed by atoms with E-state index < -0.39 is 11.6 Å². The lowest BCUT2D eigenvalue weighted by molar-refractivity contribution is -0.122. The van der Waals surface area contributed by atoms with Gasteiger partial charge in [-0.2, -0.15) is 0 Å². The maximum Gasteiger partial charge on any atom is 0.220 e. The Balaban J connectivity index is 0.00000242. The Morgan fingerprint density at radius 3 is 2.73 bits per heavy atom. The van der Waals surface area contributed by atoms with Crippen LogP contribution in [0, 0.1) is 11.6 Å². The van der Waals surface area contributed by atoms with Crippen LogP contribution in [0.2, 0.25) is 0 Å². The van der Waals surface area contributed by atoms with Gasteiger partial charge in [-0.1, -0.05) is 0 Å². The average molecular weight is 335 g/mol. The fourth-order valence-electron chi connectivity index (χ4n) is 2.27. The predicted octanol–water partition coefficient (Wildman–Crippen LogP) is 2.41. The second-order valence-electron chi connectivity index (χ2n) is 5.12. The SMILES string of the molecule is Cl.O=C(CCCOc1ccc(F)cc1F)NC1CCNCC1. The average Bonchev–Trinajstić information content (AvgIpc) is 2.46. The fourth-order valence-corrected chi connectivity index (χ4v) is 2.27. The quantitative estimate of drug-likeness (QED) is 0.786. The van der Waals surface area contributed by atoms with E-state index in [1.54, 1.807) is 0 Å². The molecule has 1 aromatic rings. The van der Waals surface area contributed by atoms with Crippen molar-refractivity contribution in [3.63, 3.8) is 0 Å². The van der Waals surface area contributed by atoms with Gasteiger partial charge in [-0.25, -0.2) is 8.78 Å². The molecule has 124 valence electrons. The van der Waals surface area contributed by atoms with Gasteiger partial charge in [0.25, 0.3) is 0 Å². The van der Waals surface area contributed by atoms with Crippen molar-refractivity contribution >= 4 is 18.3 Å². The molecule has 0 radical (unpaired) electrons. The number of carbonyl (C=O) groups is 1. The first-order chi connectivity index (χ1) is 10.1. The third-order valence-electron chi connectivity index (χ3n) is 3.40. The second kappa shape index (κ2) is 9.58. The number of rotatable bonds is 6. The molecule has 0 unspecified atom stereocenters. The minimum Gasteiger partial charge on any atom is -0.491 e. The maximum absolute atomic E-state index is 13.3. The largest absolute Gasteiger partial charge is 0.491 e. The lowest BCUT2D eigenvalue weighted by Crippen LogP contribution is -2.42. The summed E-state index contributed by atoms with van der Waals surface area (Å²) in [7, 11) is 0. The molecule has 1 amide bonds. The van der Waals surface area contributed by atoms with Gasteiger partial charge in [-0.15, -0.1) is 12.4 Å². The van der Waals surface area contributed by atoms with Crippen LogP contribution in [0.1, 0.15) is 25.7 Å². The first-order valence-corrected chi connectivity index (χ1v) is 7.23. The number of carbonyl (C=O) groups excluding carboxylic acids is 1. The molecule has 0 aliphatic carbocycles. The van der Waals surface area contributed by atoms with Crippen molar-refractivity contribution in [2.24, 2.45) is 0 Å². The van der Waals surface area contributed by atoms with Crippen LogP contribution in [-0.2, 0) is 4.79 Å². The van der Waals surface area contributed by atoms with Crippen LogP contribution in [-0.4, -0.2) is 31.6 Å². The summed E-state index contributed by atoms with van der Waals surface area (Å²) in [5, 5.41) is 6.21. The normalized spacial score (nSPS) is 15.0. The summed E-state index contributed by atoms with van der Waals surface area (Å²) >= 11 is 0. The summed E-state index contributed by atoms with van der Waals surface area (Å²) in [6.45, 7) is 2.08. The van der Waals surface area contributed by atoms with E-state index in [1.807, 2.05) is 0 Å². The predicted molar refractivity (Wildman–Crippen MR) is 82.4 cm³/mol. The lowest BCUT2D eigenvalue weighted by atomic mass is 10.1. The van der Waals surface area contributed by atoms with Gasteiger partial charge in [0.1, 0.15) is 5.82 Å². The Bertz CT molecular complexity index is 483. The molecule has 0 bridgehead atoms. The van der Waals surface area contributed by atoms with E-state index in [1.165, 1.54) is 6.07 Å². The summed E-state index contributed by atoms with van der Waals surface area (Å²) in [4.78, 5) is 11.7. The second-order valence-corrected chi connectivity index (χ2v) is 5.12. The van der Waals surface area contributed by atoms with Crippen molar-refractivity contribution in [1.29, 1.82) is 0 Å². The van der Waals surface area contributed by atoms with Gasteiger partial charge in [0.15, 0.2) is 11.6 Å². The molecule has 1 aromatic carbocycles. The third kappa shape index (κ3) is 6.15. The first-order valence-electron chi connectivity index (χ1n) is 7.23. The summed E-state index contributed by atoms with van der Waals surface area (Å²) < 4.78 is 31.2. The molecule has 0 atom stereocenters. The highest BCUT2D eigenvalue weighted by molar-refractivity contribution is 5.85. The molecule has 1 saturated heterocycles. The zero-order valence-corrected chi connectivity index (χ0v) is 13.1. The Hall–Kier alpha value is -1.40. The van der Waals surface area contributed by atoms with E-state index in [0.717, 1.165) is 38.1 Å². The molecule has 22 heavy (non-hydrogen) atoms. The van der Waals surface area contributed by atoms with Gasteiger partial charge >= 0.3 is 0 Å². The van der Waals surface area contributed by atoms with E-state index in [-0.39, 0.29) is 36.7 Å². The third-order valence-corrected chi connectivity index (χ3v) is 3.40. The van der Waals surface area contributed by atoms with E-state index in [4.69, 9.17) is 4.74 Å². The number of nitrogens with one attached hydrogen (secondary N) is 2. The molecule has 0 spiro atoms. The number of amides is 1. The van der Waals surface area contributed by atoms with Crippen LogP contribution in [0.15, 0.2) is 18.2 Å². The minimum atomic E-state index is -0.728. The zero-order valence-electron chi connectivity index (χ0n) is 12.2. The number of hydrogen-bond acceptors (Lipinski definition) is 3. The molecule has 1 heterocycles. The standard InChI is InChI=1S/C15H20F2N2O2.ClH/c16-11-3-4-14(13(17)10-11)21-9-1-2-15(20)19-12-5-7-18-8-6-12;/h3-4,10,12,18H,1-2,5-9H2,(H,19,20);1H. The fraction of sp³-hybridized carbons (Fsp3) is 0.533. The van der Waals surface area contributed by atoms with Crippen molar-refractivity contribution in [3.05, 3.63) is 29.8 Å². The molecule has 7 heteroatoms. The molecule has 0 aromatic heterocycles. The molecule has 2 N–H and O–H groups in total. The molecular formula is C15H21ClF2N2O2. The first kappa shape index (κ1) is 18.6. The van der Waals surface area contributed by atoms with Crippen molar-refractivity contribution < 1.29 is 18.3 Å². The number of piperidine rings is 1. The van der Waals surface area contributed by atoms with E-state index in [2.05, 4.69) is 10.6 Å². The highest BCUT2D eigenvalue weighted by Gasteiger charge is 2.15. The van der Waals surface area contributed by atoms with Crippen molar-refractivity contribution in [2.75, 3.05) is 19.7 Å². The molecule has 2 rings (SSSR count). The van der Waals surface area contributed by atoms with E-state index >= 15 is 0 Å². The van der Waals surface area contributed by atoms with Crippen LogP contribution in [0.4, 0.5) is 8.78 Å². The molecule has 4 nitrogen and oxygen atoms in total. The van der Waals surface area contributed by atoms with Gasteiger partial charge in [0, 0.05) is 18.5 Å². The van der Waals surface area contributed by atoms with Crippen LogP contribution in [0.25, 0.3) is 0 Å². The van der Waals surface area contributed by atoms with Gasteiger partial charge in [0.05, 0.1) is 6.61 Å². The molecule has 1 aliphatic heterocycles. The smallest absolute Gasteiger partial charge is 0.220 e. The Morgan fingerprint density at radius 2 is 2.05 bits per heavy atom. The van der Waals surface area contributed by atoms with Crippen LogP contribution in [0.5, 0.6) is 5.75 Å². The van der Waals surface area contributed by atoms with Gasteiger partial charge in [0.2, 0.25) is 5.91 Å². The van der Waals surface area contributed by atoms with Gasteiger partial charge < -0.3 is 15.4 Å². The van der Waals surface area contributed by atoms with Crippen LogP contribution in [0.3, 0.4) is 0 Å². The zero-order chi connectivity index (χ0) is 15.1. The maximum atomic E-state index is 13.3. The van der Waals surface area contributed by atoms with E-state index in [0.29, 0.717) is 12.8 Å². The van der Waals surface area contributed by atoms with Crippen molar-refractivity contribution in [3.8, 4) is 5.75 Å². The highest BCUT2D eigenvalue weighted by atomic mass is 35.5. The Morgan fingerprint density at radius 1 is 1.32 bits per heavy atom. The topological polar surface area (TPSA) is 50.4 Å². The van der Waals surface area contributed by atoms with Crippen molar-refractivity contribution in [1.82, 2.24) is 10.6 Å². The van der Waals surface area contributed by atoms with Crippen molar-refractivity contribution in [2.45, 2.75) is 31.7 Å². The molecule has 1 aliphatic rings. The molecular weight excluding hydrogens is 314 g/mol. The summed E-state index contributed by atoms with van der Waals surface area (Å²) in [6.07, 6.45) is 2.73. The number of hydrogen-bond donors (Lipinski definition) is 2. The number of ether oxygens (including phenoxy) is 1. The van der Waals surface area contributed by atoms with E-state index in [9.17, 15) is 13.6 Å². The van der Waals surface area contributed by atoms with Crippen LogP contribution >= 0.6 is 12.4 Å². The summed E-state index contributed by atoms with van der Waals surface area (Å²) in [5.74, 6) is -1.37.